The van der Waals surface area contributed by atoms with Gasteiger partial charge in [0.05, 0.1) is 17.1 Å². The Morgan fingerprint density at radius 3 is 2.42 bits per heavy atom. The molecule has 0 fully saturated rings. The standard InChI is InChI=1S/C14H22N2O3/c1-10(2)19-13-7-11(15-9-14(3,4)5)6-12(8-13)16(17)18/h6-8,10,15H,9H2,1-5H3. The summed E-state index contributed by atoms with van der Waals surface area (Å²) in [5, 5.41) is 14.1. The summed E-state index contributed by atoms with van der Waals surface area (Å²) in [5.41, 5.74) is 0.846. The van der Waals surface area contributed by atoms with Gasteiger partial charge in [0.1, 0.15) is 5.75 Å². The molecule has 1 rings (SSSR count). The number of nitrogens with zero attached hydrogens (tertiary/aromatic N) is 1. The summed E-state index contributed by atoms with van der Waals surface area (Å²) >= 11 is 0. The van der Waals surface area contributed by atoms with Crippen LogP contribution in [0.5, 0.6) is 5.75 Å². The van der Waals surface area contributed by atoms with Crippen LogP contribution < -0.4 is 10.1 Å². The molecule has 1 N–H and O–H groups in total. The number of benzene rings is 1. The van der Waals surface area contributed by atoms with Gasteiger partial charge in [0.15, 0.2) is 0 Å². The minimum absolute atomic E-state index is 0.0162. The van der Waals surface area contributed by atoms with E-state index < -0.39 is 4.92 Å². The summed E-state index contributed by atoms with van der Waals surface area (Å²) < 4.78 is 5.53. The average Bonchev–Trinajstić information content (AvgIpc) is 2.24. The zero-order chi connectivity index (χ0) is 14.6. The number of hydrogen-bond acceptors (Lipinski definition) is 4. The van der Waals surface area contributed by atoms with Crippen LogP contribution in [-0.4, -0.2) is 17.6 Å². The Morgan fingerprint density at radius 2 is 1.95 bits per heavy atom. The van der Waals surface area contributed by atoms with Gasteiger partial charge in [-0.25, -0.2) is 0 Å². The molecule has 0 amide bonds. The molecule has 19 heavy (non-hydrogen) atoms. The van der Waals surface area contributed by atoms with Gasteiger partial charge in [-0.05, 0) is 19.3 Å². The normalized spacial score (nSPS) is 11.5. The molecule has 106 valence electrons. The highest BCUT2D eigenvalue weighted by Gasteiger charge is 2.14. The maximum atomic E-state index is 10.9. The van der Waals surface area contributed by atoms with Gasteiger partial charge in [0, 0.05) is 24.4 Å². The van der Waals surface area contributed by atoms with Gasteiger partial charge in [-0.1, -0.05) is 20.8 Å². The smallest absolute Gasteiger partial charge is 0.275 e. The van der Waals surface area contributed by atoms with Crippen LogP contribution in [0.25, 0.3) is 0 Å². The van der Waals surface area contributed by atoms with Crippen LogP contribution in [-0.2, 0) is 0 Å². The Hall–Kier alpha value is -1.78. The largest absolute Gasteiger partial charge is 0.491 e. The van der Waals surface area contributed by atoms with Crippen LogP contribution in [0.3, 0.4) is 0 Å². The second kappa shape index (κ2) is 5.91. The number of non-ortho nitro benzene ring substituents is 1. The minimum atomic E-state index is -0.407. The number of nitro benzene ring substituents is 1. The van der Waals surface area contributed by atoms with Crippen LogP contribution in [0.2, 0.25) is 0 Å². The Balaban J connectivity index is 2.96. The van der Waals surface area contributed by atoms with Crippen molar-refractivity contribution in [3.05, 3.63) is 28.3 Å². The molecule has 0 saturated heterocycles. The molecule has 0 atom stereocenters. The van der Waals surface area contributed by atoms with Crippen LogP contribution in [0.15, 0.2) is 18.2 Å². The van der Waals surface area contributed by atoms with E-state index in [0.717, 1.165) is 6.54 Å². The average molecular weight is 266 g/mol. The van der Waals surface area contributed by atoms with Gasteiger partial charge in [-0.3, -0.25) is 10.1 Å². The molecular formula is C14H22N2O3. The van der Waals surface area contributed by atoms with Crippen molar-refractivity contribution in [1.29, 1.82) is 0 Å². The van der Waals surface area contributed by atoms with Crippen molar-refractivity contribution >= 4 is 11.4 Å². The summed E-state index contributed by atoms with van der Waals surface area (Å²) in [6, 6.07) is 4.76. The van der Waals surface area contributed by atoms with Crippen molar-refractivity contribution in [2.24, 2.45) is 5.41 Å². The lowest BCUT2D eigenvalue weighted by atomic mass is 9.97. The maximum absolute atomic E-state index is 10.9. The first-order valence-electron chi connectivity index (χ1n) is 6.37. The van der Waals surface area contributed by atoms with Crippen LogP contribution >= 0.6 is 0 Å². The molecule has 5 heteroatoms. The van der Waals surface area contributed by atoms with E-state index in [2.05, 4.69) is 26.1 Å². The zero-order valence-electron chi connectivity index (χ0n) is 12.2. The Labute approximate surface area is 114 Å². The van der Waals surface area contributed by atoms with Crippen molar-refractivity contribution in [3.63, 3.8) is 0 Å². The molecule has 0 aliphatic rings. The van der Waals surface area contributed by atoms with E-state index in [-0.39, 0.29) is 17.2 Å². The van der Waals surface area contributed by atoms with E-state index >= 15 is 0 Å². The highest BCUT2D eigenvalue weighted by Crippen LogP contribution is 2.27. The summed E-state index contributed by atoms with van der Waals surface area (Å²) in [4.78, 5) is 10.5. The first kappa shape index (κ1) is 15.3. The number of nitro groups is 1. The van der Waals surface area contributed by atoms with Gasteiger partial charge < -0.3 is 10.1 Å². The number of ether oxygens (including phenoxy) is 1. The fourth-order valence-electron chi connectivity index (χ4n) is 1.50. The SMILES string of the molecule is CC(C)Oc1cc(NCC(C)(C)C)cc([N+](=O)[O-])c1. The maximum Gasteiger partial charge on any atom is 0.275 e. The second-order valence-electron chi connectivity index (χ2n) is 6.05. The third-order valence-electron chi connectivity index (χ3n) is 2.30. The molecule has 0 heterocycles. The first-order chi connectivity index (χ1) is 8.67. The van der Waals surface area contributed by atoms with E-state index in [9.17, 15) is 10.1 Å². The zero-order valence-corrected chi connectivity index (χ0v) is 12.2. The molecule has 0 saturated carbocycles. The van der Waals surface area contributed by atoms with Crippen LogP contribution in [0, 0.1) is 15.5 Å². The fraction of sp³-hybridized carbons (Fsp3) is 0.571. The molecule has 1 aromatic rings. The van der Waals surface area contributed by atoms with Crippen molar-refractivity contribution < 1.29 is 9.66 Å². The summed E-state index contributed by atoms with van der Waals surface area (Å²) in [5.74, 6) is 0.514. The predicted octanol–water partition coefficient (Wildman–Crippen LogP) is 3.84. The first-order valence-corrected chi connectivity index (χ1v) is 6.37. The van der Waals surface area contributed by atoms with E-state index in [0.29, 0.717) is 11.4 Å². The summed E-state index contributed by atoms with van der Waals surface area (Å²) in [7, 11) is 0. The van der Waals surface area contributed by atoms with Crippen LogP contribution in [0.1, 0.15) is 34.6 Å². The topological polar surface area (TPSA) is 64.4 Å². The predicted molar refractivity (Wildman–Crippen MR) is 76.8 cm³/mol. The van der Waals surface area contributed by atoms with Crippen LogP contribution in [0.4, 0.5) is 11.4 Å². The summed E-state index contributed by atoms with van der Waals surface area (Å²) in [6.45, 7) is 10.8. The third-order valence-corrected chi connectivity index (χ3v) is 2.30. The minimum Gasteiger partial charge on any atom is -0.491 e. The molecule has 5 nitrogen and oxygen atoms in total. The van der Waals surface area contributed by atoms with Crippen molar-refractivity contribution in [1.82, 2.24) is 0 Å². The quantitative estimate of drug-likeness (QED) is 0.649. The molecular weight excluding hydrogens is 244 g/mol. The summed E-state index contributed by atoms with van der Waals surface area (Å²) in [6.07, 6.45) is -0.0162. The van der Waals surface area contributed by atoms with E-state index in [1.54, 1.807) is 6.07 Å². The molecule has 0 unspecified atom stereocenters. The molecule has 0 radical (unpaired) electrons. The highest BCUT2D eigenvalue weighted by molar-refractivity contribution is 5.56. The Bertz CT molecular complexity index is 450. The van der Waals surface area contributed by atoms with Gasteiger partial charge in [0.25, 0.3) is 5.69 Å². The monoisotopic (exact) mass is 266 g/mol. The Morgan fingerprint density at radius 1 is 1.32 bits per heavy atom. The number of rotatable bonds is 5. The van der Waals surface area contributed by atoms with E-state index in [1.165, 1.54) is 12.1 Å². The van der Waals surface area contributed by atoms with Crippen molar-refractivity contribution in [2.45, 2.75) is 40.7 Å². The number of anilines is 1. The van der Waals surface area contributed by atoms with E-state index in [4.69, 9.17) is 4.74 Å². The number of hydrogen-bond donors (Lipinski definition) is 1. The van der Waals surface area contributed by atoms with Gasteiger partial charge in [-0.2, -0.15) is 0 Å². The molecule has 0 spiro atoms. The molecule has 0 bridgehead atoms. The molecule has 0 aliphatic carbocycles. The van der Waals surface area contributed by atoms with Gasteiger partial charge in [-0.15, -0.1) is 0 Å². The van der Waals surface area contributed by atoms with Gasteiger partial charge >= 0.3 is 0 Å². The van der Waals surface area contributed by atoms with Crippen molar-refractivity contribution in [2.75, 3.05) is 11.9 Å². The number of nitrogens with one attached hydrogen (secondary N) is 1. The second-order valence-corrected chi connectivity index (χ2v) is 6.05. The third kappa shape index (κ3) is 5.59. The fourth-order valence-corrected chi connectivity index (χ4v) is 1.50. The Kier molecular flexibility index (Phi) is 4.75. The lowest BCUT2D eigenvalue weighted by Gasteiger charge is -2.20. The van der Waals surface area contributed by atoms with Crippen molar-refractivity contribution in [3.8, 4) is 5.75 Å². The lowest BCUT2D eigenvalue weighted by Crippen LogP contribution is -2.19. The highest BCUT2D eigenvalue weighted by atomic mass is 16.6. The lowest BCUT2D eigenvalue weighted by molar-refractivity contribution is -0.384. The van der Waals surface area contributed by atoms with E-state index in [1.807, 2.05) is 13.8 Å². The molecule has 0 aliphatic heterocycles. The van der Waals surface area contributed by atoms with Gasteiger partial charge in [0.2, 0.25) is 0 Å². The molecule has 0 aromatic heterocycles. The molecule has 1 aromatic carbocycles.